The van der Waals surface area contributed by atoms with Crippen molar-refractivity contribution in [1.29, 1.82) is 5.26 Å². The summed E-state index contributed by atoms with van der Waals surface area (Å²) in [7, 11) is 0. The van der Waals surface area contributed by atoms with E-state index in [0.29, 0.717) is 22.6 Å². The third kappa shape index (κ3) is 4.44. The van der Waals surface area contributed by atoms with Crippen molar-refractivity contribution in [3.63, 3.8) is 0 Å². The van der Waals surface area contributed by atoms with E-state index in [0.717, 1.165) is 37.1 Å². The number of hydrogen-bond acceptors (Lipinski definition) is 6. The smallest absolute Gasteiger partial charge is 0.142 e. The number of piperidine rings is 1. The molecule has 1 atom stereocenters. The first kappa shape index (κ1) is 20.6. The minimum absolute atomic E-state index is 0.000864. The zero-order valence-corrected chi connectivity index (χ0v) is 16.9. The molecule has 0 aliphatic carbocycles. The van der Waals surface area contributed by atoms with E-state index in [1.165, 1.54) is 12.1 Å². The second-order valence-electron chi connectivity index (χ2n) is 7.58. The van der Waals surface area contributed by atoms with Crippen LogP contribution in [0.2, 0.25) is 0 Å². The number of nitrogens with two attached hydrogens (primary N) is 1. The van der Waals surface area contributed by atoms with Gasteiger partial charge in [0.2, 0.25) is 0 Å². The Morgan fingerprint density at radius 1 is 1.26 bits per heavy atom. The Bertz CT molecular complexity index is 1120. The number of nitriles is 1. The van der Waals surface area contributed by atoms with Gasteiger partial charge < -0.3 is 20.9 Å². The largest absolute Gasteiger partial charge is 0.507 e. The number of hydrogen-bond donors (Lipinski definition) is 3. The van der Waals surface area contributed by atoms with Crippen molar-refractivity contribution in [1.82, 2.24) is 10.3 Å². The molecule has 1 aliphatic rings. The predicted octanol–water partition coefficient (Wildman–Crippen LogP) is 4.09. The molecule has 7 heteroatoms. The Morgan fingerprint density at radius 3 is 2.77 bits per heavy atom. The summed E-state index contributed by atoms with van der Waals surface area (Å²) in [6.07, 6.45) is 1.95. The number of aromatic hydroxyl groups is 1. The summed E-state index contributed by atoms with van der Waals surface area (Å²) in [5.41, 5.74) is 8.99. The van der Waals surface area contributed by atoms with Gasteiger partial charge in [-0.1, -0.05) is 18.2 Å². The molecule has 4 rings (SSSR count). The number of halogens is 1. The van der Waals surface area contributed by atoms with Crippen LogP contribution in [0.1, 0.15) is 35.4 Å². The molecule has 31 heavy (non-hydrogen) atoms. The molecule has 1 aromatic heterocycles. The van der Waals surface area contributed by atoms with E-state index < -0.39 is 0 Å². The summed E-state index contributed by atoms with van der Waals surface area (Å²) >= 11 is 0. The van der Waals surface area contributed by atoms with Crippen LogP contribution in [0.25, 0.3) is 11.3 Å². The van der Waals surface area contributed by atoms with Crippen LogP contribution in [0, 0.1) is 17.1 Å². The van der Waals surface area contributed by atoms with E-state index in [-0.39, 0.29) is 29.9 Å². The van der Waals surface area contributed by atoms with E-state index in [9.17, 15) is 14.8 Å². The van der Waals surface area contributed by atoms with Gasteiger partial charge >= 0.3 is 0 Å². The molecule has 1 fully saturated rings. The van der Waals surface area contributed by atoms with Gasteiger partial charge in [-0.15, -0.1) is 0 Å². The fourth-order valence-corrected chi connectivity index (χ4v) is 3.91. The third-order valence-electron chi connectivity index (χ3n) is 5.49. The summed E-state index contributed by atoms with van der Waals surface area (Å²) in [5, 5.41) is 23.6. The van der Waals surface area contributed by atoms with Crippen molar-refractivity contribution < 1.29 is 14.2 Å². The maximum atomic E-state index is 13.2. The molecule has 0 bridgehead atoms. The maximum absolute atomic E-state index is 13.2. The van der Waals surface area contributed by atoms with E-state index in [2.05, 4.69) is 16.4 Å². The zero-order valence-electron chi connectivity index (χ0n) is 16.9. The van der Waals surface area contributed by atoms with Gasteiger partial charge in [0.1, 0.15) is 35.8 Å². The van der Waals surface area contributed by atoms with Crippen LogP contribution in [0.15, 0.2) is 48.5 Å². The number of anilines is 1. The highest BCUT2D eigenvalue weighted by molar-refractivity contribution is 5.76. The number of aromatic nitrogens is 1. The van der Waals surface area contributed by atoms with Crippen molar-refractivity contribution in [2.75, 3.05) is 18.8 Å². The Hall–Kier alpha value is -3.63. The normalized spacial score (nSPS) is 15.9. The van der Waals surface area contributed by atoms with Gasteiger partial charge in [0.25, 0.3) is 0 Å². The van der Waals surface area contributed by atoms with E-state index in [1.807, 2.05) is 6.07 Å². The Kier molecular flexibility index (Phi) is 6.01. The molecule has 3 aromatic rings. The highest BCUT2D eigenvalue weighted by Gasteiger charge is 2.23. The fraction of sp³-hybridized carbons (Fsp3) is 0.250. The average Bonchev–Trinajstić information content (AvgIpc) is 2.79. The van der Waals surface area contributed by atoms with Gasteiger partial charge in [0, 0.05) is 6.54 Å². The molecule has 0 radical (unpaired) electrons. The van der Waals surface area contributed by atoms with Crippen LogP contribution in [0.5, 0.6) is 11.5 Å². The van der Waals surface area contributed by atoms with Crippen LogP contribution in [0.4, 0.5) is 10.2 Å². The first-order valence-corrected chi connectivity index (χ1v) is 10.2. The summed E-state index contributed by atoms with van der Waals surface area (Å²) in [4.78, 5) is 4.40. The molecule has 1 saturated heterocycles. The molecule has 4 N–H and O–H groups in total. The molecule has 0 spiro atoms. The molecule has 1 aliphatic heterocycles. The van der Waals surface area contributed by atoms with Crippen LogP contribution >= 0.6 is 0 Å². The summed E-state index contributed by atoms with van der Waals surface area (Å²) in [6.45, 7) is 1.90. The molecule has 2 aromatic carbocycles. The average molecular weight is 418 g/mol. The Labute approximate surface area is 180 Å². The number of rotatable bonds is 5. The van der Waals surface area contributed by atoms with Crippen molar-refractivity contribution in [3.05, 3.63) is 71.0 Å². The fourth-order valence-electron chi connectivity index (χ4n) is 3.91. The lowest BCUT2D eigenvalue weighted by Crippen LogP contribution is -2.29. The molecule has 1 unspecified atom stereocenters. The van der Waals surface area contributed by atoms with Gasteiger partial charge in [-0.25, -0.2) is 9.37 Å². The van der Waals surface area contributed by atoms with Crippen molar-refractivity contribution in [2.24, 2.45) is 0 Å². The van der Waals surface area contributed by atoms with E-state index >= 15 is 0 Å². The number of phenols is 1. The lowest BCUT2D eigenvalue weighted by atomic mass is 9.88. The van der Waals surface area contributed by atoms with Gasteiger partial charge in [-0.3, -0.25) is 0 Å². The lowest BCUT2D eigenvalue weighted by Gasteiger charge is -2.25. The van der Waals surface area contributed by atoms with Crippen LogP contribution in [-0.4, -0.2) is 23.2 Å². The van der Waals surface area contributed by atoms with Gasteiger partial charge in [-0.2, -0.15) is 5.26 Å². The number of phenolic OH excluding ortho intramolecular Hbond substituents is 1. The number of nitrogen functional groups attached to an aromatic ring is 1. The van der Waals surface area contributed by atoms with Crippen molar-refractivity contribution >= 4 is 5.82 Å². The minimum Gasteiger partial charge on any atom is -0.507 e. The minimum atomic E-state index is -0.316. The summed E-state index contributed by atoms with van der Waals surface area (Å²) < 4.78 is 19.1. The van der Waals surface area contributed by atoms with Crippen molar-refractivity contribution in [2.45, 2.75) is 25.4 Å². The number of benzene rings is 2. The van der Waals surface area contributed by atoms with Crippen LogP contribution < -0.4 is 15.8 Å². The number of nitrogens with zero attached hydrogens (tertiary/aromatic N) is 2. The maximum Gasteiger partial charge on any atom is 0.142 e. The second kappa shape index (κ2) is 9.02. The summed E-state index contributed by atoms with van der Waals surface area (Å²) in [6, 6.07) is 15.0. The third-order valence-corrected chi connectivity index (χ3v) is 5.49. The van der Waals surface area contributed by atoms with Crippen LogP contribution in [0.3, 0.4) is 0 Å². The Morgan fingerprint density at radius 2 is 2.06 bits per heavy atom. The number of nitrogens with one attached hydrogen (secondary N) is 1. The second-order valence-corrected chi connectivity index (χ2v) is 7.58. The van der Waals surface area contributed by atoms with Gasteiger partial charge in [0.05, 0.1) is 16.8 Å². The molecule has 0 amide bonds. The first-order valence-electron chi connectivity index (χ1n) is 10.2. The SMILES string of the molecule is N#Cc1c(C2CCCNC2)cc(-c2c(O)cccc2OCc2ccc(F)cc2)nc1N. The van der Waals surface area contributed by atoms with Gasteiger partial charge in [-0.05, 0) is 66.8 Å². The number of pyridine rings is 1. The predicted molar refractivity (Wildman–Crippen MR) is 116 cm³/mol. The molecule has 0 saturated carbocycles. The monoisotopic (exact) mass is 418 g/mol. The Balaban J connectivity index is 1.72. The van der Waals surface area contributed by atoms with Crippen LogP contribution in [-0.2, 0) is 6.61 Å². The topological polar surface area (TPSA) is 104 Å². The number of ether oxygens (including phenoxy) is 1. The van der Waals surface area contributed by atoms with E-state index in [1.54, 1.807) is 30.3 Å². The molecule has 158 valence electrons. The first-order chi connectivity index (χ1) is 15.1. The molecule has 6 nitrogen and oxygen atoms in total. The summed E-state index contributed by atoms with van der Waals surface area (Å²) in [5.74, 6) is 0.383. The van der Waals surface area contributed by atoms with Crippen molar-refractivity contribution in [3.8, 4) is 28.8 Å². The van der Waals surface area contributed by atoms with Gasteiger partial charge in [0.15, 0.2) is 0 Å². The standard InChI is InChI=1S/C24H23FN4O2/c25-17-8-6-15(7-9-17)14-31-22-5-1-4-21(30)23(22)20-11-18(16-3-2-10-28-13-16)19(12-26)24(27)29-20/h1,4-9,11,16,28,30H,2-3,10,13-14H2,(H2,27,29). The molecule has 2 heterocycles. The molecular weight excluding hydrogens is 395 g/mol. The molecular formula is C24H23FN4O2. The lowest BCUT2D eigenvalue weighted by molar-refractivity contribution is 0.305. The zero-order chi connectivity index (χ0) is 21.8. The highest BCUT2D eigenvalue weighted by atomic mass is 19.1. The quantitative estimate of drug-likeness (QED) is 0.576. The van der Waals surface area contributed by atoms with E-state index in [4.69, 9.17) is 10.5 Å². The highest BCUT2D eigenvalue weighted by Crippen LogP contribution is 2.40.